The molecule has 0 atom stereocenters. The summed E-state index contributed by atoms with van der Waals surface area (Å²) in [6.07, 6.45) is 0. The summed E-state index contributed by atoms with van der Waals surface area (Å²) >= 11 is 0. The Balaban J connectivity index is 1.28. The standard InChI is InChI=1S/C29H25N5O/c1-19-10-12-24(13-11-19)33-29-30-20(2)18-27(34-29)31-22-14-16-23(17-15-22)32-28(35)26-9-5-7-21-6-3-4-8-25(21)26/h3-18H,1-2H3,(H,32,35)(H2,30,31,33,34). The van der Waals surface area contributed by atoms with Crippen LogP contribution in [0.5, 0.6) is 0 Å². The Morgan fingerprint density at radius 2 is 1.34 bits per heavy atom. The number of hydrogen-bond acceptors (Lipinski definition) is 5. The van der Waals surface area contributed by atoms with Gasteiger partial charge in [0.25, 0.3) is 5.91 Å². The van der Waals surface area contributed by atoms with E-state index in [2.05, 4.69) is 32.8 Å². The highest BCUT2D eigenvalue weighted by molar-refractivity contribution is 6.12. The number of rotatable bonds is 6. The predicted octanol–water partition coefficient (Wildman–Crippen LogP) is 6.99. The third-order valence-corrected chi connectivity index (χ3v) is 5.61. The van der Waals surface area contributed by atoms with E-state index in [0.717, 1.165) is 27.8 Å². The summed E-state index contributed by atoms with van der Waals surface area (Å²) in [4.78, 5) is 22.0. The second-order valence-corrected chi connectivity index (χ2v) is 8.39. The Hall–Kier alpha value is -4.71. The zero-order valence-corrected chi connectivity index (χ0v) is 19.5. The second kappa shape index (κ2) is 9.65. The van der Waals surface area contributed by atoms with Crippen molar-refractivity contribution >= 4 is 45.5 Å². The van der Waals surface area contributed by atoms with Crippen molar-refractivity contribution < 1.29 is 4.79 Å². The molecule has 1 aromatic heterocycles. The molecule has 6 nitrogen and oxygen atoms in total. The Bertz CT molecular complexity index is 1490. The molecule has 0 bridgehead atoms. The first kappa shape index (κ1) is 22.1. The van der Waals surface area contributed by atoms with Gasteiger partial charge in [-0.25, -0.2) is 4.98 Å². The summed E-state index contributed by atoms with van der Waals surface area (Å²) in [6, 6.07) is 31.1. The second-order valence-electron chi connectivity index (χ2n) is 8.39. The Morgan fingerprint density at radius 3 is 2.14 bits per heavy atom. The zero-order valence-electron chi connectivity index (χ0n) is 19.5. The molecule has 0 aliphatic carbocycles. The van der Waals surface area contributed by atoms with Crippen LogP contribution in [0, 0.1) is 13.8 Å². The molecule has 5 aromatic rings. The number of anilines is 5. The van der Waals surface area contributed by atoms with Crippen molar-refractivity contribution in [2.24, 2.45) is 0 Å². The first-order valence-electron chi connectivity index (χ1n) is 11.4. The van der Waals surface area contributed by atoms with E-state index in [9.17, 15) is 4.79 Å². The van der Waals surface area contributed by atoms with Crippen LogP contribution in [0.2, 0.25) is 0 Å². The minimum absolute atomic E-state index is 0.138. The molecule has 0 fully saturated rings. The minimum Gasteiger partial charge on any atom is -0.340 e. The van der Waals surface area contributed by atoms with Gasteiger partial charge >= 0.3 is 0 Å². The number of fused-ring (bicyclic) bond motifs is 1. The molecule has 0 saturated carbocycles. The Kier molecular flexibility index (Phi) is 6.09. The molecule has 4 aromatic carbocycles. The van der Waals surface area contributed by atoms with Crippen molar-refractivity contribution in [2.45, 2.75) is 13.8 Å². The molecule has 6 heteroatoms. The number of benzene rings is 4. The lowest BCUT2D eigenvalue weighted by molar-refractivity contribution is 0.102. The number of nitrogens with zero attached hydrogens (tertiary/aromatic N) is 2. The molecule has 172 valence electrons. The number of aromatic nitrogens is 2. The topological polar surface area (TPSA) is 78.9 Å². The SMILES string of the molecule is Cc1ccc(Nc2nc(C)cc(Nc3ccc(NC(=O)c4cccc5ccccc45)cc3)n2)cc1. The molecule has 3 N–H and O–H groups in total. The summed E-state index contributed by atoms with van der Waals surface area (Å²) < 4.78 is 0. The van der Waals surface area contributed by atoms with Gasteiger partial charge in [-0.05, 0) is 67.1 Å². The maximum atomic E-state index is 12.9. The van der Waals surface area contributed by atoms with Crippen molar-refractivity contribution in [3.8, 4) is 0 Å². The highest BCUT2D eigenvalue weighted by Gasteiger charge is 2.10. The molecule has 0 spiro atoms. The Morgan fingerprint density at radius 1 is 0.686 bits per heavy atom. The lowest BCUT2D eigenvalue weighted by Crippen LogP contribution is -2.12. The molecular formula is C29H25N5O. The van der Waals surface area contributed by atoms with E-state index in [-0.39, 0.29) is 5.91 Å². The van der Waals surface area contributed by atoms with E-state index in [1.807, 2.05) is 104 Å². The van der Waals surface area contributed by atoms with Gasteiger partial charge < -0.3 is 16.0 Å². The molecule has 0 saturated heterocycles. The third kappa shape index (κ3) is 5.28. The molecule has 0 radical (unpaired) electrons. The number of carbonyl (C=O) groups is 1. The first-order chi connectivity index (χ1) is 17.0. The van der Waals surface area contributed by atoms with Gasteiger partial charge in [-0.15, -0.1) is 0 Å². The van der Waals surface area contributed by atoms with Gasteiger partial charge in [0.15, 0.2) is 0 Å². The monoisotopic (exact) mass is 459 g/mol. The van der Waals surface area contributed by atoms with E-state index < -0.39 is 0 Å². The lowest BCUT2D eigenvalue weighted by atomic mass is 10.0. The van der Waals surface area contributed by atoms with Crippen LogP contribution in [0.1, 0.15) is 21.6 Å². The van der Waals surface area contributed by atoms with Gasteiger partial charge in [0, 0.05) is 34.4 Å². The minimum atomic E-state index is -0.138. The van der Waals surface area contributed by atoms with Crippen molar-refractivity contribution in [1.29, 1.82) is 0 Å². The van der Waals surface area contributed by atoms with Crippen LogP contribution in [0.25, 0.3) is 10.8 Å². The zero-order chi connectivity index (χ0) is 24.2. The largest absolute Gasteiger partial charge is 0.340 e. The maximum absolute atomic E-state index is 12.9. The fraction of sp³-hybridized carbons (Fsp3) is 0.0690. The van der Waals surface area contributed by atoms with E-state index in [0.29, 0.717) is 23.0 Å². The lowest BCUT2D eigenvalue weighted by Gasteiger charge is -2.11. The van der Waals surface area contributed by atoms with Gasteiger partial charge in [-0.3, -0.25) is 4.79 Å². The van der Waals surface area contributed by atoms with Crippen molar-refractivity contribution in [1.82, 2.24) is 9.97 Å². The fourth-order valence-electron chi connectivity index (χ4n) is 3.86. The number of nitrogens with one attached hydrogen (secondary N) is 3. The van der Waals surface area contributed by atoms with E-state index in [1.54, 1.807) is 0 Å². The average Bonchev–Trinajstić information content (AvgIpc) is 2.86. The first-order valence-corrected chi connectivity index (χ1v) is 11.4. The van der Waals surface area contributed by atoms with E-state index >= 15 is 0 Å². The average molecular weight is 460 g/mol. The number of hydrogen-bond donors (Lipinski definition) is 3. The van der Waals surface area contributed by atoms with Crippen molar-refractivity contribution in [2.75, 3.05) is 16.0 Å². The van der Waals surface area contributed by atoms with Gasteiger partial charge in [-0.2, -0.15) is 4.98 Å². The summed E-state index contributed by atoms with van der Waals surface area (Å²) in [6.45, 7) is 3.98. The van der Waals surface area contributed by atoms with Crippen LogP contribution >= 0.6 is 0 Å². The molecule has 0 aliphatic heterocycles. The van der Waals surface area contributed by atoms with Crippen molar-refractivity contribution in [3.63, 3.8) is 0 Å². The van der Waals surface area contributed by atoms with E-state index in [1.165, 1.54) is 5.56 Å². The van der Waals surface area contributed by atoms with Crippen LogP contribution in [-0.4, -0.2) is 15.9 Å². The van der Waals surface area contributed by atoms with Gasteiger partial charge in [0.1, 0.15) is 5.82 Å². The van der Waals surface area contributed by atoms with Gasteiger partial charge in [0.05, 0.1) is 0 Å². The van der Waals surface area contributed by atoms with E-state index in [4.69, 9.17) is 0 Å². The normalized spacial score (nSPS) is 10.7. The highest BCUT2D eigenvalue weighted by atomic mass is 16.1. The van der Waals surface area contributed by atoms with Gasteiger partial charge in [-0.1, -0.05) is 54.1 Å². The smallest absolute Gasteiger partial charge is 0.256 e. The summed E-state index contributed by atoms with van der Waals surface area (Å²) in [5.41, 5.74) is 5.19. The molecule has 0 unspecified atom stereocenters. The maximum Gasteiger partial charge on any atom is 0.256 e. The van der Waals surface area contributed by atoms with Crippen LogP contribution in [0.3, 0.4) is 0 Å². The van der Waals surface area contributed by atoms with Crippen LogP contribution in [-0.2, 0) is 0 Å². The molecule has 1 amide bonds. The van der Waals surface area contributed by atoms with Gasteiger partial charge in [0.2, 0.25) is 5.95 Å². The van der Waals surface area contributed by atoms with Crippen LogP contribution in [0.4, 0.5) is 28.8 Å². The highest BCUT2D eigenvalue weighted by Crippen LogP contribution is 2.23. The van der Waals surface area contributed by atoms with Crippen LogP contribution < -0.4 is 16.0 Å². The summed E-state index contributed by atoms with van der Waals surface area (Å²) in [5, 5.41) is 11.5. The van der Waals surface area contributed by atoms with Crippen molar-refractivity contribution in [3.05, 3.63) is 114 Å². The predicted molar refractivity (Wildman–Crippen MR) is 143 cm³/mol. The fourth-order valence-corrected chi connectivity index (χ4v) is 3.86. The quantitative estimate of drug-likeness (QED) is 0.255. The third-order valence-electron chi connectivity index (χ3n) is 5.61. The molecule has 1 heterocycles. The number of amides is 1. The molecule has 0 aliphatic rings. The molecular weight excluding hydrogens is 434 g/mol. The summed E-state index contributed by atoms with van der Waals surface area (Å²) in [5.74, 6) is 1.07. The number of aryl methyl sites for hydroxylation is 2. The Labute approximate surface area is 204 Å². The summed E-state index contributed by atoms with van der Waals surface area (Å²) in [7, 11) is 0. The number of carbonyl (C=O) groups excluding carboxylic acids is 1. The van der Waals surface area contributed by atoms with Crippen LogP contribution in [0.15, 0.2) is 97.1 Å². The molecule has 5 rings (SSSR count). The molecule has 35 heavy (non-hydrogen) atoms.